The number of hydrogen-bond acceptors (Lipinski definition) is 2. The van der Waals surface area contributed by atoms with Crippen LogP contribution in [0, 0.1) is 5.92 Å². The van der Waals surface area contributed by atoms with Crippen molar-refractivity contribution >= 4 is 6.08 Å². The van der Waals surface area contributed by atoms with E-state index in [2.05, 4.69) is 43.4 Å². The zero-order valence-electron chi connectivity index (χ0n) is 19.0. The molecular formula is C27H32F3NO. The van der Waals surface area contributed by atoms with E-state index in [0.717, 1.165) is 25.9 Å². The van der Waals surface area contributed by atoms with Gasteiger partial charge in [-0.1, -0.05) is 68.0 Å². The number of halogens is 3. The zero-order chi connectivity index (χ0) is 22.9. The van der Waals surface area contributed by atoms with Gasteiger partial charge in [-0.25, -0.2) is 0 Å². The number of benzene rings is 2. The molecule has 1 saturated heterocycles. The Labute approximate surface area is 188 Å². The highest BCUT2D eigenvalue weighted by molar-refractivity contribution is 5.71. The Kier molecular flexibility index (Phi) is 6.78. The maximum atomic E-state index is 13.3. The SMILES string of the molecule is COC(c1ccccc1CC(F)(F)F)C1C(C(C)C)=Cc2c(C3CCNCC3)cccc21. The first-order chi connectivity index (χ1) is 15.3. The molecule has 2 atom stereocenters. The Hall–Kier alpha value is -2.11. The maximum absolute atomic E-state index is 13.3. The molecule has 1 N–H and O–H groups in total. The molecule has 1 aliphatic heterocycles. The molecule has 32 heavy (non-hydrogen) atoms. The van der Waals surface area contributed by atoms with Crippen molar-refractivity contribution in [3.63, 3.8) is 0 Å². The summed E-state index contributed by atoms with van der Waals surface area (Å²) < 4.78 is 45.9. The minimum atomic E-state index is -4.26. The third-order valence-electron chi connectivity index (χ3n) is 6.93. The average Bonchev–Trinajstić information content (AvgIpc) is 3.15. The minimum Gasteiger partial charge on any atom is -0.376 e. The molecule has 0 amide bonds. The Bertz CT molecular complexity index is 973. The van der Waals surface area contributed by atoms with E-state index < -0.39 is 18.7 Å². The molecule has 172 valence electrons. The molecule has 0 saturated carbocycles. The van der Waals surface area contributed by atoms with E-state index in [9.17, 15) is 13.2 Å². The molecule has 1 heterocycles. The van der Waals surface area contributed by atoms with Crippen molar-refractivity contribution in [2.75, 3.05) is 20.2 Å². The smallest absolute Gasteiger partial charge is 0.376 e. The van der Waals surface area contributed by atoms with Crippen molar-refractivity contribution in [1.29, 1.82) is 0 Å². The van der Waals surface area contributed by atoms with Crippen LogP contribution in [0.15, 0.2) is 48.0 Å². The summed E-state index contributed by atoms with van der Waals surface area (Å²) in [5.74, 6) is 0.680. The summed E-state index contributed by atoms with van der Waals surface area (Å²) >= 11 is 0. The number of nitrogens with one attached hydrogen (secondary N) is 1. The average molecular weight is 444 g/mol. The van der Waals surface area contributed by atoms with Crippen LogP contribution in [-0.4, -0.2) is 26.4 Å². The molecule has 2 aliphatic rings. The highest BCUT2D eigenvalue weighted by atomic mass is 19.4. The fraction of sp³-hybridized carbons (Fsp3) is 0.481. The summed E-state index contributed by atoms with van der Waals surface area (Å²) in [7, 11) is 1.61. The van der Waals surface area contributed by atoms with Crippen LogP contribution in [0.1, 0.15) is 72.4 Å². The molecule has 0 radical (unpaired) electrons. The minimum absolute atomic E-state index is 0.0916. The van der Waals surface area contributed by atoms with Crippen LogP contribution in [-0.2, 0) is 11.2 Å². The molecule has 0 aromatic heterocycles. The van der Waals surface area contributed by atoms with E-state index >= 15 is 0 Å². The summed E-state index contributed by atoms with van der Waals surface area (Å²) in [5.41, 5.74) is 5.95. The van der Waals surface area contributed by atoms with E-state index in [1.54, 1.807) is 31.4 Å². The lowest BCUT2D eigenvalue weighted by atomic mass is 9.79. The second kappa shape index (κ2) is 9.40. The van der Waals surface area contributed by atoms with E-state index in [-0.39, 0.29) is 17.4 Å². The number of fused-ring (bicyclic) bond motifs is 1. The molecular weight excluding hydrogens is 411 g/mol. The molecule has 4 rings (SSSR count). The third kappa shape index (κ3) is 4.65. The van der Waals surface area contributed by atoms with Gasteiger partial charge in [0.15, 0.2) is 0 Å². The third-order valence-corrected chi connectivity index (χ3v) is 6.93. The molecule has 2 aromatic rings. The predicted molar refractivity (Wildman–Crippen MR) is 123 cm³/mol. The largest absolute Gasteiger partial charge is 0.393 e. The number of piperidine rings is 1. The Morgan fingerprint density at radius 1 is 1.00 bits per heavy atom. The normalized spacial score (nSPS) is 20.3. The van der Waals surface area contributed by atoms with Crippen LogP contribution in [0.2, 0.25) is 0 Å². The summed E-state index contributed by atoms with van der Waals surface area (Å²) in [4.78, 5) is 0. The zero-order valence-corrected chi connectivity index (χ0v) is 19.0. The molecule has 1 fully saturated rings. The first-order valence-electron chi connectivity index (χ1n) is 11.5. The van der Waals surface area contributed by atoms with Crippen molar-refractivity contribution in [3.8, 4) is 0 Å². The van der Waals surface area contributed by atoms with E-state index in [1.165, 1.54) is 22.3 Å². The number of methoxy groups -OCH3 is 1. The van der Waals surface area contributed by atoms with E-state index in [4.69, 9.17) is 4.74 Å². The summed E-state index contributed by atoms with van der Waals surface area (Å²) in [6, 6.07) is 13.3. The first kappa shape index (κ1) is 23.1. The second-order valence-electron chi connectivity index (χ2n) is 9.30. The van der Waals surface area contributed by atoms with Crippen LogP contribution >= 0.6 is 0 Å². The van der Waals surface area contributed by atoms with Gasteiger partial charge in [0.1, 0.15) is 0 Å². The summed E-state index contributed by atoms with van der Waals surface area (Å²) in [5, 5.41) is 3.43. The van der Waals surface area contributed by atoms with Crippen molar-refractivity contribution < 1.29 is 17.9 Å². The van der Waals surface area contributed by atoms with Gasteiger partial charge in [0.2, 0.25) is 0 Å². The fourth-order valence-electron chi connectivity index (χ4n) is 5.46. The van der Waals surface area contributed by atoms with Crippen LogP contribution in [0.25, 0.3) is 6.08 Å². The summed E-state index contributed by atoms with van der Waals surface area (Å²) in [6.07, 6.45) is -1.17. The maximum Gasteiger partial charge on any atom is 0.393 e. The van der Waals surface area contributed by atoms with Crippen molar-refractivity contribution in [1.82, 2.24) is 5.32 Å². The molecule has 0 spiro atoms. The monoisotopic (exact) mass is 443 g/mol. The lowest BCUT2D eigenvalue weighted by Crippen LogP contribution is -2.27. The van der Waals surface area contributed by atoms with Gasteiger partial charge in [-0.05, 0) is 65.6 Å². The Morgan fingerprint density at radius 3 is 2.34 bits per heavy atom. The van der Waals surface area contributed by atoms with Gasteiger partial charge in [0.05, 0.1) is 12.5 Å². The van der Waals surface area contributed by atoms with Crippen molar-refractivity contribution in [2.45, 2.75) is 57.2 Å². The van der Waals surface area contributed by atoms with E-state index in [1.807, 2.05) is 0 Å². The number of alkyl halides is 3. The lowest BCUT2D eigenvalue weighted by molar-refractivity contribution is -0.127. The van der Waals surface area contributed by atoms with Crippen molar-refractivity contribution in [2.24, 2.45) is 5.92 Å². The molecule has 1 aliphatic carbocycles. The summed E-state index contributed by atoms with van der Waals surface area (Å²) in [6.45, 7) is 6.35. The molecule has 5 heteroatoms. The molecule has 2 nitrogen and oxygen atoms in total. The van der Waals surface area contributed by atoms with Gasteiger partial charge in [0.25, 0.3) is 0 Å². The topological polar surface area (TPSA) is 21.3 Å². The van der Waals surface area contributed by atoms with Crippen LogP contribution in [0.3, 0.4) is 0 Å². The second-order valence-corrected chi connectivity index (χ2v) is 9.30. The van der Waals surface area contributed by atoms with Gasteiger partial charge < -0.3 is 10.1 Å². The van der Waals surface area contributed by atoms with Crippen LogP contribution in [0.4, 0.5) is 13.2 Å². The molecule has 2 aromatic carbocycles. The van der Waals surface area contributed by atoms with Gasteiger partial charge in [-0.15, -0.1) is 0 Å². The number of rotatable bonds is 6. The Balaban J connectivity index is 1.80. The number of ether oxygens (including phenoxy) is 1. The van der Waals surface area contributed by atoms with Crippen LogP contribution in [0.5, 0.6) is 0 Å². The lowest BCUT2D eigenvalue weighted by Gasteiger charge is -2.30. The van der Waals surface area contributed by atoms with Crippen LogP contribution < -0.4 is 5.32 Å². The van der Waals surface area contributed by atoms with Crippen molar-refractivity contribution in [3.05, 3.63) is 75.9 Å². The van der Waals surface area contributed by atoms with Gasteiger partial charge >= 0.3 is 6.18 Å². The molecule has 2 unspecified atom stereocenters. The highest BCUT2D eigenvalue weighted by Gasteiger charge is 2.38. The van der Waals surface area contributed by atoms with Gasteiger partial charge in [0, 0.05) is 13.0 Å². The van der Waals surface area contributed by atoms with Gasteiger partial charge in [-0.3, -0.25) is 0 Å². The number of hydrogen-bond donors (Lipinski definition) is 1. The Morgan fingerprint density at radius 2 is 1.69 bits per heavy atom. The van der Waals surface area contributed by atoms with Gasteiger partial charge in [-0.2, -0.15) is 13.2 Å². The quantitative estimate of drug-likeness (QED) is 0.531. The van der Waals surface area contributed by atoms with E-state index in [0.29, 0.717) is 11.5 Å². The first-order valence-corrected chi connectivity index (χ1v) is 11.5. The standard InChI is InChI=1S/C27H32F3NO/c1-17(2)23-15-24-20(18-11-13-31-14-12-18)9-6-10-22(24)25(23)26(32-3)21-8-5-4-7-19(21)16-27(28,29)30/h4-10,15,17-18,25-26,31H,11-14,16H2,1-3H3. The highest BCUT2D eigenvalue weighted by Crippen LogP contribution is 2.51. The predicted octanol–water partition coefficient (Wildman–Crippen LogP) is 6.78. The molecule has 0 bridgehead atoms. The fourth-order valence-corrected chi connectivity index (χ4v) is 5.46.